The molecule has 0 saturated carbocycles. The van der Waals surface area contributed by atoms with Gasteiger partial charge in [0, 0.05) is 5.69 Å². The summed E-state index contributed by atoms with van der Waals surface area (Å²) in [5, 5.41) is 15.1. The van der Waals surface area contributed by atoms with E-state index < -0.39 is 18.0 Å². The van der Waals surface area contributed by atoms with E-state index in [-0.39, 0.29) is 12.2 Å². The number of benzene rings is 3. The highest BCUT2D eigenvalue weighted by molar-refractivity contribution is 5.95. The number of nitrogens with two attached hydrogens (primary N) is 1. The molecule has 0 radical (unpaired) electrons. The Bertz CT molecular complexity index is 1050. The summed E-state index contributed by atoms with van der Waals surface area (Å²) in [6.07, 6.45) is 0.525. The van der Waals surface area contributed by atoms with Gasteiger partial charge in [0.1, 0.15) is 11.5 Å². The lowest BCUT2D eigenvalue weighted by Crippen LogP contribution is -2.41. The number of carbonyl (C=O) groups excluding carboxylic acids is 2. The number of rotatable bonds is 8. The molecule has 7 nitrogen and oxygen atoms in total. The van der Waals surface area contributed by atoms with E-state index in [9.17, 15) is 14.7 Å². The Morgan fingerprint density at radius 2 is 1.77 bits per heavy atom. The molecule has 31 heavy (non-hydrogen) atoms. The van der Waals surface area contributed by atoms with Gasteiger partial charge in [0.2, 0.25) is 0 Å². The fourth-order valence-electron chi connectivity index (χ4n) is 3.13. The number of aryl methyl sites for hydroxylation is 1. The molecule has 5 N–H and O–H groups in total. The molecular formula is C24H25N3O4. The molecular weight excluding hydrogens is 394 g/mol. The van der Waals surface area contributed by atoms with E-state index in [1.165, 1.54) is 0 Å². The maximum absolute atomic E-state index is 12.3. The molecule has 7 heteroatoms. The number of anilines is 1. The maximum atomic E-state index is 12.3. The molecule has 0 aliphatic rings. The molecule has 3 rings (SSSR count). The molecule has 0 spiro atoms. The van der Waals surface area contributed by atoms with Crippen LogP contribution in [-0.4, -0.2) is 29.7 Å². The van der Waals surface area contributed by atoms with Crippen LogP contribution >= 0.6 is 0 Å². The predicted molar refractivity (Wildman–Crippen MR) is 119 cm³/mol. The summed E-state index contributed by atoms with van der Waals surface area (Å²) in [5.41, 5.74) is 8.37. The van der Waals surface area contributed by atoms with E-state index in [0.29, 0.717) is 23.6 Å². The number of aliphatic hydroxyl groups is 1. The van der Waals surface area contributed by atoms with Crippen molar-refractivity contribution in [3.8, 4) is 11.5 Å². The van der Waals surface area contributed by atoms with E-state index in [1.54, 1.807) is 48.5 Å². The Labute approximate surface area is 180 Å². The first kappa shape index (κ1) is 21.9. The van der Waals surface area contributed by atoms with Crippen molar-refractivity contribution in [2.24, 2.45) is 5.73 Å². The Balaban J connectivity index is 1.57. The second-order valence-electron chi connectivity index (χ2n) is 7.16. The van der Waals surface area contributed by atoms with E-state index in [2.05, 4.69) is 10.6 Å². The Morgan fingerprint density at radius 3 is 2.45 bits per heavy atom. The first-order chi connectivity index (χ1) is 14.9. The molecule has 160 valence electrons. The SMILES string of the molecule is Cc1cccc(CC(CO)NC(=O)Nc2ccc(Oc3ccccc3C(N)=O)cc2)c1. The molecule has 3 aromatic rings. The van der Waals surface area contributed by atoms with E-state index in [4.69, 9.17) is 10.5 Å². The van der Waals surface area contributed by atoms with Gasteiger partial charge in [-0.05, 0) is 55.3 Å². The van der Waals surface area contributed by atoms with Crippen LogP contribution in [0.3, 0.4) is 0 Å². The minimum atomic E-state index is -0.574. The monoisotopic (exact) mass is 419 g/mol. The lowest BCUT2D eigenvalue weighted by molar-refractivity contribution is 0.0998. The van der Waals surface area contributed by atoms with Gasteiger partial charge >= 0.3 is 6.03 Å². The highest BCUT2D eigenvalue weighted by atomic mass is 16.5. The fourth-order valence-corrected chi connectivity index (χ4v) is 3.13. The number of nitrogens with one attached hydrogen (secondary N) is 2. The zero-order valence-electron chi connectivity index (χ0n) is 17.2. The molecule has 0 heterocycles. The average Bonchev–Trinajstić information content (AvgIpc) is 2.75. The van der Waals surface area contributed by atoms with Crippen LogP contribution in [0.25, 0.3) is 0 Å². The minimum absolute atomic E-state index is 0.173. The fraction of sp³-hybridized carbons (Fsp3) is 0.167. The average molecular weight is 419 g/mol. The molecule has 3 aromatic carbocycles. The van der Waals surface area contributed by atoms with Crippen LogP contribution in [0.4, 0.5) is 10.5 Å². The molecule has 0 fully saturated rings. The van der Waals surface area contributed by atoms with Crippen molar-refractivity contribution in [2.75, 3.05) is 11.9 Å². The minimum Gasteiger partial charge on any atom is -0.457 e. The van der Waals surface area contributed by atoms with Gasteiger partial charge in [-0.25, -0.2) is 4.79 Å². The lowest BCUT2D eigenvalue weighted by atomic mass is 10.0. The Hall–Kier alpha value is -3.84. The van der Waals surface area contributed by atoms with Gasteiger partial charge in [0.25, 0.3) is 5.91 Å². The molecule has 1 atom stereocenters. The van der Waals surface area contributed by atoms with Gasteiger partial charge in [-0.3, -0.25) is 4.79 Å². The van der Waals surface area contributed by atoms with Crippen LogP contribution in [0.2, 0.25) is 0 Å². The number of ether oxygens (including phenoxy) is 1. The lowest BCUT2D eigenvalue weighted by Gasteiger charge is -2.17. The molecule has 0 aliphatic carbocycles. The van der Waals surface area contributed by atoms with Crippen molar-refractivity contribution in [3.63, 3.8) is 0 Å². The van der Waals surface area contributed by atoms with Gasteiger partial charge in [0.05, 0.1) is 18.2 Å². The first-order valence-electron chi connectivity index (χ1n) is 9.85. The van der Waals surface area contributed by atoms with Crippen LogP contribution in [0, 0.1) is 6.92 Å². The summed E-state index contributed by atoms with van der Waals surface area (Å²) in [5.74, 6) is 0.275. The van der Waals surface area contributed by atoms with Crippen molar-refractivity contribution in [2.45, 2.75) is 19.4 Å². The smallest absolute Gasteiger partial charge is 0.319 e. The topological polar surface area (TPSA) is 114 Å². The molecule has 0 aromatic heterocycles. The largest absolute Gasteiger partial charge is 0.457 e. The predicted octanol–water partition coefficient (Wildman–Crippen LogP) is 3.61. The van der Waals surface area contributed by atoms with Crippen LogP contribution in [0.1, 0.15) is 21.5 Å². The van der Waals surface area contributed by atoms with Gasteiger partial charge in [0.15, 0.2) is 0 Å². The summed E-state index contributed by atoms with van der Waals surface area (Å²) >= 11 is 0. The summed E-state index contributed by atoms with van der Waals surface area (Å²) in [4.78, 5) is 23.8. The zero-order chi connectivity index (χ0) is 22.2. The molecule has 0 aliphatic heterocycles. The Kier molecular flexibility index (Phi) is 7.24. The number of carbonyl (C=O) groups is 2. The highest BCUT2D eigenvalue weighted by Gasteiger charge is 2.13. The number of hydrogen-bond acceptors (Lipinski definition) is 4. The Morgan fingerprint density at radius 1 is 1.03 bits per heavy atom. The van der Waals surface area contributed by atoms with Gasteiger partial charge < -0.3 is 26.2 Å². The van der Waals surface area contributed by atoms with Crippen LogP contribution < -0.4 is 21.1 Å². The number of para-hydroxylation sites is 1. The number of amides is 3. The summed E-state index contributed by atoms with van der Waals surface area (Å²) in [6.45, 7) is 1.82. The standard InChI is InChI=1S/C24H25N3O4/c1-16-5-4-6-17(13-16)14-19(15-28)27-24(30)26-18-9-11-20(12-10-18)31-22-8-3-2-7-21(22)23(25)29/h2-13,19,28H,14-15H2,1H3,(H2,25,29)(H2,26,27,30). The normalized spacial score (nSPS) is 11.4. The van der Waals surface area contributed by atoms with Gasteiger partial charge in [-0.15, -0.1) is 0 Å². The van der Waals surface area contributed by atoms with Crippen LogP contribution in [0.5, 0.6) is 11.5 Å². The highest BCUT2D eigenvalue weighted by Crippen LogP contribution is 2.26. The number of primary amides is 1. The molecule has 0 saturated heterocycles. The summed E-state index contributed by atoms with van der Waals surface area (Å²) in [6, 6.07) is 20.5. The van der Waals surface area contributed by atoms with Gasteiger partial charge in [-0.2, -0.15) is 0 Å². The van der Waals surface area contributed by atoms with Crippen molar-refractivity contribution >= 4 is 17.6 Å². The molecule has 0 bridgehead atoms. The second kappa shape index (κ2) is 10.3. The third-order valence-electron chi connectivity index (χ3n) is 4.61. The molecule has 3 amide bonds. The van der Waals surface area contributed by atoms with Crippen LogP contribution in [0.15, 0.2) is 72.8 Å². The number of aliphatic hydroxyl groups excluding tert-OH is 1. The zero-order valence-corrected chi connectivity index (χ0v) is 17.2. The van der Waals surface area contributed by atoms with Crippen LogP contribution in [-0.2, 0) is 6.42 Å². The second-order valence-corrected chi connectivity index (χ2v) is 7.16. The van der Waals surface area contributed by atoms with Crippen molar-refractivity contribution in [1.82, 2.24) is 5.32 Å². The summed E-state index contributed by atoms with van der Waals surface area (Å²) in [7, 11) is 0. The quantitative estimate of drug-likeness (QED) is 0.447. The third-order valence-corrected chi connectivity index (χ3v) is 4.61. The first-order valence-corrected chi connectivity index (χ1v) is 9.85. The number of hydrogen-bond donors (Lipinski definition) is 4. The van der Waals surface area contributed by atoms with Crippen molar-refractivity contribution < 1.29 is 19.4 Å². The summed E-state index contributed by atoms with van der Waals surface area (Å²) < 4.78 is 5.73. The maximum Gasteiger partial charge on any atom is 0.319 e. The van der Waals surface area contributed by atoms with E-state index in [0.717, 1.165) is 11.1 Å². The number of urea groups is 1. The van der Waals surface area contributed by atoms with E-state index >= 15 is 0 Å². The van der Waals surface area contributed by atoms with E-state index in [1.807, 2.05) is 31.2 Å². The third kappa shape index (κ3) is 6.32. The van der Waals surface area contributed by atoms with Crippen molar-refractivity contribution in [1.29, 1.82) is 0 Å². The molecule has 1 unspecified atom stereocenters. The van der Waals surface area contributed by atoms with Gasteiger partial charge in [-0.1, -0.05) is 42.0 Å². The van der Waals surface area contributed by atoms with Crippen molar-refractivity contribution in [3.05, 3.63) is 89.5 Å².